The molecular formula is C27H26Cl2SiZr. The van der Waals surface area contributed by atoms with Gasteiger partial charge in [-0.05, 0) is 0 Å². The molecule has 3 aromatic carbocycles. The molecule has 0 fully saturated rings. The van der Waals surface area contributed by atoms with Gasteiger partial charge in [-0.15, -0.1) is 0 Å². The summed E-state index contributed by atoms with van der Waals surface area (Å²) < 4.78 is 0.290. The quantitative estimate of drug-likeness (QED) is 0.291. The third-order valence-corrected chi connectivity index (χ3v) is 54.0. The third kappa shape index (κ3) is 3.17. The molecule has 0 bridgehead atoms. The van der Waals surface area contributed by atoms with Crippen LogP contribution in [0.1, 0.15) is 35.1 Å². The van der Waals surface area contributed by atoms with Gasteiger partial charge in [0, 0.05) is 0 Å². The van der Waals surface area contributed by atoms with E-state index in [2.05, 4.69) is 111 Å². The summed E-state index contributed by atoms with van der Waals surface area (Å²) >= 11 is -4.40. The first-order chi connectivity index (χ1) is 14.8. The molecule has 0 nitrogen and oxygen atoms in total. The van der Waals surface area contributed by atoms with Gasteiger partial charge in [0.25, 0.3) is 0 Å². The summed E-state index contributed by atoms with van der Waals surface area (Å²) in [6.45, 7) is 6.85. The fraction of sp³-hybridized carbons (Fsp3) is 0.185. The van der Waals surface area contributed by atoms with Crippen LogP contribution in [-0.2, 0) is 15.0 Å². The van der Waals surface area contributed by atoms with Gasteiger partial charge in [-0.3, -0.25) is 0 Å². The van der Waals surface area contributed by atoms with E-state index in [0.29, 0.717) is 0 Å². The van der Waals surface area contributed by atoms with Crippen molar-refractivity contribution in [3.05, 3.63) is 107 Å². The third-order valence-electron chi connectivity index (χ3n) is 7.26. The van der Waals surface area contributed by atoms with Crippen molar-refractivity contribution in [3.8, 4) is 11.1 Å². The number of benzene rings is 3. The van der Waals surface area contributed by atoms with Gasteiger partial charge in [0.05, 0.1) is 0 Å². The fourth-order valence-electron chi connectivity index (χ4n) is 5.44. The number of aryl methyl sites for hydroxylation is 1. The van der Waals surface area contributed by atoms with E-state index >= 15 is 0 Å². The van der Waals surface area contributed by atoms with Crippen molar-refractivity contribution < 1.29 is 15.0 Å². The molecule has 2 unspecified atom stereocenters. The second kappa shape index (κ2) is 7.70. The van der Waals surface area contributed by atoms with Gasteiger partial charge in [0.2, 0.25) is 0 Å². The molecule has 0 saturated heterocycles. The van der Waals surface area contributed by atoms with E-state index in [0.717, 1.165) is 0 Å². The summed E-state index contributed by atoms with van der Waals surface area (Å²) in [7, 11) is 15.9. The Bertz CT molecular complexity index is 1320. The molecule has 2 aliphatic rings. The van der Waals surface area contributed by atoms with Crippen molar-refractivity contribution in [3.63, 3.8) is 0 Å². The molecule has 0 spiro atoms. The van der Waals surface area contributed by atoms with E-state index in [-0.39, 0.29) is 7.25 Å². The van der Waals surface area contributed by atoms with Crippen LogP contribution < -0.4 is 0 Å². The van der Waals surface area contributed by atoms with Crippen molar-refractivity contribution >= 4 is 34.6 Å². The number of halogens is 2. The Labute approximate surface area is 193 Å². The molecule has 156 valence electrons. The normalized spacial score (nSPS) is 19.4. The average Bonchev–Trinajstić information content (AvgIpc) is 3.40. The summed E-state index contributed by atoms with van der Waals surface area (Å²) in [4.78, 5) is 0. The first-order valence-electron chi connectivity index (χ1n) is 10.8. The van der Waals surface area contributed by atoms with E-state index in [1.165, 1.54) is 38.9 Å². The van der Waals surface area contributed by atoms with Crippen LogP contribution in [0.4, 0.5) is 0 Å². The van der Waals surface area contributed by atoms with Gasteiger partial charge in [-0.1, -0.05) is 0 Å². The molecule has 3 aromatic rings. The van der Waals surface area contributed by atoms with Crippen molar-refractivity contribution in [2.75, 3.05) is 0 Å². The van der Waals surface area contributed by atoms with Crippen molar-refractivity contribution in [1.82, 2.24) is 0 Å². The van der Waals surface area contributed by atoms with Crippen LogP contribution in [0.25, 0.3) is 23.3 Å². The fourth-order valence-corrected chi connectivity index (χ4v) is 30.5. The van der Waals surface area contributed by atoms with E-state index in [4.69, 9.17) is 17.0 Å². The van der Waals surface area contributed by atoms with Crippen LogP contribution in [0.5, 0.6) is 0 Å². The summed E-state index contributed by atoms with van der Waals surface area (Å²) in [5.74, 6) is 0. The van der Waals surface area contributed by atoms with Crippen LogP contribution in [-0.4, -0.2) is 5.43 Å². The first kappa shape index (κ1) is 21.7. The summed E-state index contributed by atoms with van der Waals surface area (Å²) in [6, 6.07) is 23.8. The molecule has 0 saturated carbocycles. The molecule has 2 aliphatic carbocycles. The average molecular weight is 541 g/mol. The topological polar surface area (TPSA) is 0 Å². The number of allylic oxidation sites excluding steroid dienone is 2. The minimum absolute atomic E-state index is 0.133. The van der Waals surface area contributed by atoms with Gasteiger partial charge < -0.3 is 0 Å². The number of rotatable bonds is 3. The molecule has 0 heterocycles. The molecule has 2 atom stereocenters. The zero-order valence-corrected chi connectivity index (χ0v) is 23.0. The molecular weight excluding hydrogens is 515 g/mol. The van der Waals surface area contributed by atoms with Gasteiger partial charge in [-0.2, -0.15) is 0 Å². The Hall–Kier alpha value is -1.18. The standard InChI is InChI=1S/C15H11.C10H9.C2H6Si.2ClH.Zr/c1-2-6-12(7-3-1)14-10-4-8-13-9-5-11-15(13)14;1-8-4-2-5-9-6-3-7-10(8)9;1-3-2;;;/h1-11H;2-7H,1H3;1-2H3;2*1H;/q;;;;;+2/p-2. The molecule has 4 heteroatoms. The van der Waals surface area contributed by atoms with Crippen LogP contribution in [0.15, 0.2) is 78.9 Å². The molecule has 0 aliphatic heterocycles. The summed E-state index contributed by atoms with van der Waals surface area (Å²) in [6.07, 6.45) is 9.20. The van der Waals surface area contributed by atoms with Crippen LogP contribution in [0.3, 0.4) is 0 Å². The van der Waals surface area contributed by atoms with Crippen molar-refractivity contribution in [2.45, 2.75) is 27.3 Å². The Morgan fingerprint density at radius 1 is 0.710 bits per heavy atom. The maximum atomic E-state index is 7.97. The summed E-state index contributed by atoms with van der Waals surface area (Å²) in [5, 5.41) is 0. The molecule has 5 rings (SSSR count). The molecule has 0 N–H and O–H groups in total. The second-order valence-electron chi connectivity index (χ2n) is 9.08. The van der Waals surface area contributed by atoms with E-state index < -0.39 is 20.4 Å². The van der Waals surface area contributed by atoms with E-state index in [1.807, 2.05) is 0 Å². The Balaban J connectivity index is 1.72. The number of hydrogen-bond acceptors (Lipinski definition) is 0. The molecule has 31 heavy (non-hydrogen) atoms. The molecule has 0 amide bonds. The number of hydrogen-bond donors (Lipinski definition) is 0. The Morgan fingerprint density at radius 2 is 1.29 bits per heavy atom. The Kier molecular flexibility index (Phi) is 5.38. The second-order valence-corrected chi connectivity index (χ2v) is 48.1. The maximum absolute atomic E-state index is 7.97. The van der Waals surface area contributed by atoms with Gasteiger partial charge >= 0.3 is 195 Å². The zero-order chi connectivity index (χ0) is 21.8. The number of fused-ring (bicyclic) bond motifs is 2. The monoisotopic (exact) mass is 538 g/mol. The molecule has 0 radical (unpaired) electrons. The van der Waals surface area contributed by atoms with Gasteiger partial charge in [0.1, 0.15) is 0 Å². The first-order valence-corrected chi connectivity index (χ1v) is 26.2. The van der Waals surface area contributed by atoms with Crippen LogP contribution in [0.2, 0.25) is 13.1 Å². The predicted molar refractivity (Wildman–Crippen MR) is 136 cm³/mol. The molecule has 0 aromatic heterocycles. The van der Waals surface area contributed by atoms with Gasteiger partial charge in [-0.25, -0.2) is 0 Å². The predicted octanol–water partition coefficient (Wildman–Crippen LogP) is 8.75. The SMILES string of the molecule is Cc1cccc2c1C=C[CH]2[Zr]([Cl])([Cl])([CH]1C=Cc2c(-c3ccccc3)cccc21)=[Si](C)C. The van der Waals surface area contributed by atoms with Crippen molar-refractivity contribution in [1.29, 1.82) is 0 Å². The van der Waals surface area contributed by atoms with E-state index in [9.17, 15) is 0 Å². The van der Waals surface area contributed by atoms with Crippen LogP contribution >= 0.6 is 17.0 Å². The van der Waals surface area contributed by atoms with Crippen molar-refractivity contribution in [2.24, 2.45) is 0 Å². The zero-order valence-electron chi connectivity index (χ0n) is 18.1. The van der Waals surface area contributed by atoms with Crippen LogP contribution in [0, 0.1) is 6.92 Å². The van der Waals surface area contributed by atoms with E-state index in [1.54, 1.807) is 0 Å². The Morgan fingerprint density at radius 3 is 1.94 bits per heavy atom. The van der Waals surface area contributed by atoms with Gasteiger partial charge in [0.15, 0.2) is 0 Å². The minimum atomic E-state index is -4.40. The summed E-state index contributed by atoms with van der Waals surface area (Å²) in [5.41, 5.74) is 8.09.